The van der Waals surface area contributed by atoms with E-state index in [4.69, 9.17) is 10.5 Å². The van der Waals surface area contributed by atoms with E-state index in [0.717, 1.165) is 5.01 Å². The molecule has 2 rings (SSSR count). The van der Waals surface area contributed by atoms with Gasteiger partial charge in [0.2, 0.25) is 5.13 Å². The molecule has 0 bridgehead atoms. The van der Waals surface area contributed by atoms with Crippen LogP contribution in [0.3, 0.4) is 0 Å². The summed E-state index contributed by atoms with van der Waals surface area (Å²) >= 11 is 1.33. The van der Waals surface area contributed by atoms with Crippen molar-refractivity contribution in [3.8, 4) is 5.75 Å². The van der Waals surface area contributed by atoms with E-state index < -0.39 is 0 Å². The van der Waals surface area contributed by atoms with Gasteiger partial charge >= 0.3 is 0 Å². The van der Waals surface area contributed by atoms with Crippen LogP contribution in [0.1, 0.15) is 5.01 Å². The molecule has 4 nitrogen and oxygen atoms in total. The van der Waals surface area contributed by atoms with E-state index in [1.54, 1.807) is 12.1 Å². The molecule has 16 heavy (non-hydrogen) atoms. The average molecular weight is 239 g/mol. The van der Waals surface area contributed by atoms with Crippen molar-refractivity contribution < 1.29 is 9.13 Å². The minimum Gasteiger partial charge on any atom is -0.493 e. The van der Waals surface area contributed by atoms with Crippen molar-refractivity contribution in [1.29, 1.82) is 0 Å². The summed E-state index contributed by atoms with van der Waals surface area (Å²) in [5, 5.41) is 8.80. The molecule has 1 aromatic heterocycles. The number of aromatic nitrogens is 2. The number of nitrogens with zero attached hydrogens (tertiary/aromatic N) is 2. The van der Waals surface area contributed by atoms with Gasteiger partial charge in [-0.1, -0.05) is 17.4 Å². The van der Waals surface area contributed by atoms with E-state index in [0.29, 0.717) is 23.9 Å². The Morgan fingerprint density at radius 1 is 1.38 bits per heavy atom. The van der Waals surface area contributed by atoms with Gasteiger partial charge in [-0.25, -0.2) is 4.39 Å². The molecule has 0 atom stereocenters. The summed E-state index contributed by atoms with van der Waals surface area (Å²) in [5.41, 5.74) is 5.44. The summed E-state index contributed by atoms with van der Waals surface area (Å²) < 4.78 is 18.2. The zero-order valence-corrected chi connectivity index (χ0v) is 9.21. The number of nitrogens with two attached hydrogens (primary N) is 1. The summed E-state index contributed by atoms with van der Waals surface area (Å²) in [6, 6.07) is 6.03. The quantitative estimate of drug-likeness (QED) is 0.885. The highest BCUT2D eigenvalue weighted by atomic mass is 32.1. The zero-order chi connectivity index (χ0) is 11.4. The van der Waals surface area contributed by atoms with E-state index in [1.807, 2.05) is 0 Å². The van der Waals surface area contributed by atoms with Crippen LogP contribution in [0.2, 0.25) is 0 Å². The molecule has 84 valence electrons. The number of benzene rings is 1. The lowest BCUT2D eigenvalue weighted by Crippen LogP contribution is -2.01. The van der Waals surface area contributed by atoms with Crippen molar-refractivity contribution in [3.63, 3.8) is 0 Å². The molecule has 0 aliphatic heterocycles. The van der Waals surface area contributed by atoms with Crippen LogP contribution in [0, 0.1) is 5.82 Å². The first-order chi connectivity index (χ1) is 7.74. The second kappa shape index (κ2) is 4.89. The third-order valence-electron chi connectivity index (χ3n) is 1.86. The van der Waals surface area contributed by atoms with Gasteiger partial charge in [0.1, 0.15) is 16.6 Å². The lowest BCUT2D eigenvalue weighted by Gasteiger charge is -2.03. The Hall–Kier alpha value is -1.69. The maximum Gasteiger partial charge on any atom is 0.203 e. The van der Waals surface area contributed by atoms with E-state index in [2.05, 4.69) is 10.2 Å². The second-order valence-corrected chi connectivity index (χ2v) is 4.18. The fourth-order valence-corrected chi connectivity index (χ4v) is 1.77. The summed E-state index contributed by atoms with van der Waals surface area (Å²) in [4.78, 5) is 0. The van der Waals surface area contributed by atoms with Crippen LogP contribution in [0.25, 0.3) is 0 Å². The Morgan fingerprint density at radius 3 is 2.94 bits per heavy atom. The number of rotatable bonds is 4. The Bertz CT molecular complexity index is 475. The van der Waals surface area contributed by atoms with Gasteiger partial charge in [-0.2, -0.15) is 0 Å². The fraction of sp³-hybridized carbons (Fsp3) is 0.200. The van der Waals surface area contributed by atoms with Crippen LogP contribution in [0.4, 0.5) is 9.52 Å². The normalized spacial score (nSPS) is 10.3. The largest absolute Gasteiger partial charge is 0.493 e. The number of nitrogen functional groups attached to an aromatic ring is 1. The highest BCUT2D eigenvalue weighted by Gasteiger charge is 2.01. The van der Waals surface area contributed by atoms with Crippen molar-refractivity contribution in [3.05, 3.63) is 35.1 Å². The SMILES string of the molecule is Nc1nnc(CCOc2cccc(F)c2)s1. The van der Waals surface area contributed by atoms with Gasteiger partial charge in [0.15, 0.2) is 0 Å². The predicted molar refractivity (Wildman–Crippen MR) is 59.9 cm³/mol. The van der Waals surface area contributed by atoms with Crippen LogP contribution >= 0.6 is 11.3 Å². The van der Waals surface area contributed by atoms with E-state index in [-0.39, 0.29) is 5.82 Å². The second-order valence-electron chi connectivity index (χ2n) is 3.09. The molecule has 1 aromatic carbocycles. The van der Waals surface area contributed by atoms with Gasteiger partial charge in [0.05, 0.1) is 6.61 Å². The molecule has 0 aliphatic carbocycles. The number of anilines is 1. The first-order valence-electron chi connectivity index (χ1n) is 4.70. The molecule has 6 heteroatoms. The Morgan fingerprint density at radius 2 is 2.25 bits per heavy atom. The standard InChI is InChI=1S/C10H10FN3OS/c11-7-2-1-3-8(6-7)15-5-4-9-13-14-10(12)16-9/h1-3,6H,4-5H2,(H2,12,14). The van der Waals surface area contributed by atoms with Crippen LogP contribution in [0.5, 0.6) is 5.75 Å². The first kappa shape index (κ1) is 10.8. The molecule has 0 saturated carbocycles. The minimum absolute atomic E-state index is 0.308. The van der Waals surface area contributed by atoms with E-state index in [9.17, 15) is 4.39 Å². The maximum absolute atomic E-state index is 12.8. The van der Waals surface area contributed by atoms with Gasteiger partial charge in [-0.3, -0.25) is 0 Å². The molecule has 1 heterocycles. The van der Waals surface area contributed by atoms with Crippen molar-refractivity contribution in [2.24, 2.45) is 0 Å². The van der Waals surface area contributed by atoms with Gasteiger partial charge in [-0.05, 0) is 12.1 Å². The van der Waals surface area contributed by atoms with Crippen LogP contribution in [0.15, 0.2) is 24.3 Å². The molecule has 0 radical (unpaired) electrons. The van der Waals surface area contributed by atoms with Crippen molar-refractivity contribution in [2.75, 3.05) is 12.3 Å². The smallest absolute Gasteiger partial charge is 0.203 e. The van der Waals surface area contributed by atoms with Gasteiger partial charge in [0, 0.05) is 12.5 Å². The third kappa shape index (κ3) is 2.90. The molecular weight excluding hydrogens is 229 g/mol. The van der Waals surface area contributed by atoms with Crippen LogP contribution < -0.4 is 10.5 Å². The van der Waals surface area contributed by atoms with Crippen molar-refractivity contribution in [1.82, 2.24) is 10.2 Å². The van der Waals surface area contributed by atoms with Crippen molar-refractivity contribution in [2.45, 2.75) is 6.42 Å². The summed E-state index contributed by atoms with van der Waals surface area (Å²) in [5.74, 6) is 0.204. The summed E-state index contributed by atoms with van der Waals surface area (Å²) in [6.45, 7) is 0.429. The molecule has 2 aromatic rings. The van der Waals surface area contributed by atoms with Crippen LogP contribution in [-0.4, -0.2) is 16.8 Å². The first-order valence-corrected chi connectivity index (χ1v) is 5.52. The summed E-state index contributed by atoms with van der Waals surface area (Å²) in [7, 11) is 0. The molecule has 0 fully saturated rings. The Balaban J connectivity index is 1.84. The monoisotopic (exact) mass is 239 g/mol. The Labute approximate surface area is 95.9 Å². The molecule has 0 amide bonds. The molecule has 0 aliphatic rings. The van der Waals surface area contributed by atoms with Gasteiger partial charge in [0.25, 0.3) is 0 Å². The topological polar surface area (TPSA) is 61.0 Å². The van der Waals surface area contributed by atoms with Crippen LogP contribution in [-0.2, 0) is 6.42 Å². The molecule has 0 saturated heterocycles. The Kier molecular flexibility index (Phi) is 3.31. The number of halogens is 1. The predicted octanol–water partition coefficient (Wildman–Crippen LogP) is 1.88. The number of ether oxygens (including phenoxy) is 1. The molecule has 2 N–H and O–H groups in total. The summed E-state index contributed by atoms with van der Waals surface area (Å²) in [6.07, 6.45) is 0.616. The zero-order valence-electron chi connectivity index (χ0n) is 8.39. The highest BCUT2D eigenvalue weighted by Crippen LogP contribution is 2.14. The molecular formula is C10H10FN3OS. The molecule has 0 unspecified atom stereocenters. The number of hydrogen-bond donors (Lipinski definition) is 1. The minimum atomic E-state index is -0.308. The van der Waals surface area contributed by atoms with E-state index >= 15 is 0 Å². The number of hydrogen-bond acceptors (Lipinski definition) is 5. The van der Waals surface area contributed by atoms with Crippen molar-refractivity contribution >= 4 is 16.5 Å². The average Bonchev–Trinajstić information content (AvgIpc) is 2.64. The highest BCUT2D eigenvalue weighted by molar-refractivity contribution is 7.15. The lowest BCUT2D eigenvalue weighted by atomic mass is 10.3. The van der Waals surface area contributed by atoms with E-state index in [1.165, 1.54) is 23.5 Å². The third-order valence-corrected chi connectivity index (χ3v) is 2.68. The molecule has 0 spiro atoms. The van der Waals surface area contributed by atoms with Gasteiger partial charge in [-0.15, -0.1) is 10.2 Å². The maximum atomic E-state index is 12.8. The fourth-order valence-electron chi connectivity index (χ4n) is 1.18. The van der Waals surface area contributed by atoms with Gasteiger partial charge < -0.3 is 10.5 Å². The lowest BCUT2D eigenvalue weighted by molar-refractivity contribution is 0.320.